The van der Waals surface area contributed by atoms with Crippen LogP contribution in [-0.2, 0) is 4.74 Å². The molecule has 1 amide bonds. The van der Waals surface area contributed by atoms with Crippen molar-refractivity contribution in [3.05, 3.63) is 29.1 Å². The summed E-state index contributed by atoms with van der Waals surface area (Å²) in [6.07, 6.45) is 2.77. The van der Waals surface area contributed by atoms with E-state index in [4.69, 9.17) is 9.47 Å². The van der Waals surface area contributed by atoms with Gasteiger partial charge >= 0.3 is 12.0 Å². The minimum Gasteiger partial charge on any atom is -0.616 e. The number of hydrogen-bond donors (Lipinski definition) is 1. The lowest BCUT2D eigenvalue weighted by Gasteiger charge is -2.35. The van der Waals surface area contributed by atoms with Crippen molar-refractivity contribution < 1.29 is 19.0 Å². The number of nitrogens with one attached hydrogen (secondary N) is 1. The van der Waals surface area contributed by atoms with Gasteiger partial charge < -0.3 is 20.0 Å². The molecule has 1 aliphatic rings. The highest BCUT2D eigenvalue weighted by Gasteiger charge is 2.33. The normalized spacial score (nSPS) is 21.3. The van der Waals surface area contributed by atoms with Gasteiger partial charge in [0, 0.05) is 11.6 Å². The van der Waals surface area contributed by atoms with Gasteiger partial charge in [0.25, 0.3) is 0 Å². The van der Waals surface area contributed by atoms with Gasteiger partial charge in [-0.25, -0.2) is 4.79 Å². The van der Waals surface area contributed by atoms with Crippen LogP contribution in [0.5, 0.6) is 5.88 Å². The Hall–Kier alpha value is -1.98. The van der Waals surface area contributed by atoms with E-state index >= 15 is 0 Å². The molecule has 1 aromatic heterocycles. The van der Waals surface area contributed by atoms with E-state index in [1.165, 1.54) is 13.3 Å². The standard InChI is InChI=1S/C15H22N2O4/c1-15(2,3)21-14(18)16-12-7-11(8-12)10-5-6-13(20-4)17(19)9-10/h5-6,9,11-12H,7-8H2,1-4H3,(H,16,18). The molecule has 1 aliphatic carbocycles. The topological polar surface area (TPSA) is 74.5 Å². The quantitative estimate of drug-likeness (QED) is 0.684. The minimum atomic E-state index is -0.489. The summed E-state index contributed by atoms with van der Waals surface area (Å²) in [6.45, 7) is 5.50. The molecular formula is C15H22N2O4. The fourth-order valence-electron chi connectivity index (χ4n) is 2.36. The summed E-state index contributed by atoms with van der Waals surface area (Å²) in [6, 6.07) is 3.66. The Labute approximate surface area is 124 Å². The molecule has 1 heterocycles. The molecular weight excluding hydrogens is 272 g/mol. The highest BCUT2D eigenvalue weighted by molar-refractivity contribution is 5.68. The van der Waals surface area contributed by atoms with Crippen molar-refractivity contribution in [3.8, 4) is 5.88 Å². The third-order valence-electron chi connectivity index (χ3n) is 3.44. The molecule has 0 aromatic carbocycles. The fourth-order valence-corrected chi connectivity index (χ4v) is 2.36. The summed E-state index contributed by atoms with van der Waals surface area (Å²) in [7, 11) is 1.47. The zero-order chi connectivity index (χ0) is 15.6. The number of methoxy groups -OCH3 is 1. The Balaban J connectivity index is 1.84. The smallest absolute Gasteiger partial charge is 0.407 e. The van der Waals surface area contributed by atoms with Gasteiger partial charge in [-0.2, -0.15) is 0 Å². The molecule has 0 spiro atoms. The van der Waals surface area contributed by atoms with Crippen LogP contribution in [-0.4, -0.2) is 24.8 Å². The number of ether oxygens (including phenoxy) is 2. The maximum atomic E-state index is 11.6. The maximum absolute atomic E-state index is 11.6. The van der Waals surface area contributed by atoms with Crippen LogP contribution in [0, 0.1) is 5.21 Å². The van der Waals surface area contributed by atoms with Crippen LogP contribution < -0.4 is 14.8 Å². The molecule has 6 heteroatoms. The van der Waals surface area contributed by atoms with Crippen LogP contribution in [0.2, 0.25) is 0 Å². The fraction of sp³-hybridized carbons (Fsp3) is 0.600. The number of rotatable bonds is 3. The zero-order valence-corrected chi connectivity index (χ0v) is 12.9. The lowest BCUT2D eigenvalue weighted by atomic mass is 9.76. The Bertz CT molecular complexity index is 519. The second kappa shape index (κ2) is 5.79. The summed E-state index contributed by atoms with van der Waals surface area (Å²) >= 11 is 0. The Morgan fingerprint density at radius 3 is 2.57 bits per heavy atom. The third kappa shape index (κ3) is 4.00. The number of carbonyl (C=O) groups is 1. The highest BCUT2D eigenvalue weighted by atomic mass is 16.6. The van der Waals surface area contributed by atoms with E-state index in [1.807, 2.05) is 26.8 Å². The summed E-state index contributed by atoms with van der Waals surface area (Å²) in [5.74, 6) is 0.567. The molecule has 21 heavy (non-hydrogen) atoms. The predicted octanol–water partition coefficient (Wildman–Crippen LogP) is 2.10. The van der Waals surface area contributed by atoms with Gasteiger partial charge in [-0.15, -0.1) is 4.73 Å². The van der Waals surface area contributed by atoms with E-state index < -0.39 is 5.60 Å². The van der Waals surface area contributed by atoms with Gasteiger partial charge in [0.1, 0.15) is 5.60 Å². The van der Waals surface area contributed by atoms with E-state index in [2.05, 4.69) is 5.32 Å². The molecule has 0 saturated heterocycles. The van der Waals surface area contributed by atoms with E-state index in [0.717, 1.165) is 23.1 Å². The van der Waals surface area contributed by atoms with Gasteiger partial charge in [0.05, 0.1) is 13.2 Å². The van der Waals surface area contributed by atoms with E-state index in [0.29, 0.717) is 0 Å². The Morgan fingerprint density at radius 2 is 2.05 bits per heavy atom. The van der Waals surface area contributed by atoms with Crippen molar-refractivity contribution in [2.45, 2.75) is 51.2 Å². The lowest BCUT2D eigenvalue weighted by Crippen LogP contribution is -2.45. The monoisotopic (exact) mass is 294 g/mol. The van der Waals surface area contributed by atoms with Crippen molar-refractivity contribution in [1.29, 1.82) is 0 Å². The molecule has 116 valence electrons. The second-order valence-electron chi connectivity index (χ2n) is 6.34. The average Bonchev–Trinajstić information content (AvgIpc) is 2.31. The average molecular weight is 294 g/mol. The molecule has 1 fully saturated rings. The third-order valence-corrected chi connectivity index (χ3v) is 3.44. The Kier molecular flexibility index (Phi) is 4.25. The first-order valence-corrected chi connectivity index (χ1v) is 7.05. The van der Waals surface area contributed by atoms with Crippen LogP contribution >= 0.6 is 0 Å². The number of hydrogen-bond acceptors (Lipinski definition) is 4. The van der Waals surface area contributed by atoms with Crippen molar-refractivity contribution in [2.75, 3.05) is 7.11 Å². The van der Waals surface area contributed by atoms with Crippen LogP contribution in [0.1, 0.15) is 45.1 Å². The summed E-state index contributed by atoms with van der Waals surface area (Å²) in [4.78, 5) is 11.6. The van der Waals surface area contributed by atoms with E-state index in [9.17, 15) is 10.0 Å². The highest BCUT2D eigenvalue weighted by Crippen LogP contribution is 2.36. The number of pyridine rings is 1. The van der Waals surface area contributed by atoms with Gasteiger partial charge in [0.15, 0.2) is 6.20 Å². The summed E-state index contributed by atoms with van der Waals surface area (Å²) < 4.78 is 10.9. The maximum Gasteiger partial charge on any atom is 0.407 e. The first kappa shape index (κ1) is 15.4. The van der Waals surface area contributed by atoms with Crippen molar-refractivity contribution in [2.24, 2.45) is 0 Å². The predicted molar refractivity (Wildman–Crippen MR) is 77.1 cm³/mol. The molecule has 0 atom stereocenters. The zero-order valence-electron chi connectivity index (χ0n) is 12.9. The van der Waals surface area contributed by atoms with E-state index in [-0.39, 0.29) is 23.9 Å². The number of alkyl carbamates (subject to hydrolysis) is 1. The van der Waals surface area contributed by atoms with Crippen LogP contribution in [0.15, 0.2) is 18.3 Å². The molecule has 0 bridgehead atoms. The number of nitrogens with zero attached hydrogens (tertiary/aromatic N) is 1. The largest absolute Gasteiger partial charge is 0.616 e. The first-order valence-electron chi connectivity index (χ1n) is 7.05. The lowest BCUT2D eigenvalue weighted by molar-refractivity contribution is -0.612. The second-order valence-corrected chi connectivity index (χ2v) is 6.34. The molecule has 1 N–H and O–H groups in total. The number of aromatic nitrogens is 1. The van der Waals surface area contributed by atoms with Gasteiger partial charge in [-0.3, -0.25) is 0 Å². The van der Waals surface area contributed by atoms with Crippen molar-refractivity contribution in [3.63, 3.8) is 0 Å². The van der Waals surface area contributed by atoms with E-state index in [1.54, 1.807) is 6.07 Å². The van der Waals surface area contributed by atoms with Gasteiger partial charge in [0.2, 0.25) is 0 Å². The van der Waals surface area contributed by atoms with Crippen molar-refractivity contribution >= 4 is 6.09 Å². The van der Waals surface area contributed by atoms with Crippen molar-refractivity contribution in [1.82, 2.24) is 5.32 Å². The van der Waals surface area contributed by atoms with Gasteiger partial charge in [-0.05, 0) is 45.6 Å². The SMILES string of the molecule is COc1ccc(C2CC(NC(=O)OC(C)(C)C)C2)c[n+]1[O-]. The molecule has 0 unspecified atom stereocenters. The molecule has 1 aromatic rings. The molecule has 1 saturated carbocycles. The minimum absolute atomic E-state index is 0.104. The Morgan fingerprint density at radius 1 is 1.38 bits per heavy atom. The summed E-state index contributed by atoms with van der Waals surface area (Å²) in [5.41, 5.74) is 0.477. The van der Waals surface area contributed by atoms with Crippen LogP contribution in [0.4, 0.5) is 4.79 Å². The van der Waals surface area contributed by atoms with Gasteiger partial charge in [-0.1, -0.05) is 0 Å². The molecule has 6 nitrogen and oxygen atoms in total. The summed E-state index contributed by atoms with van der Waals surface area (Å²) in [5, 5.41) is 14.5. The first-order chi connectivity index (χ1) is 9.78. The van der Waals surface area contributed by atoms with Crippen LogP contribution in [0.25, 0.3) is 0 Å². The molecule has 0 radical (unpaired) electrons. The molecule has 2 rings (SSSR count). The number of carbonyl (C=O) groups excluding carboxylic acids is 1. The number of amides is 1. The molecule has 0 aliphatic heterocycles. The van der Waals surface area contributed by atoms with Crippen LogP contribution in [0.3, 0.4) is 0 Å².